The molecule has 0 aliphatic heterocycles. The highest BCUT2D eigenvalue weighted by Crippen LogP contribution is 2.15. The van der Waals surface area contributed by atoms with Gasteiger partial charge in [0.2, 0.25) is 15.5 Å². The minimum Gasteiger partial charge on any atom is -0.481 e. The molecule has 0 aliphatic carbocycles. The van der Waals surface area contributed by atoms with Gasteiger partial charge in [0.15, 0.2) is 24.9 Å². The lowest BCUT2D eigenvalue weighted by atomic mass is 10.1. The van der Waals surface area contributed by atoms with Crippen molar-refractivity contribution in [3.63, 3.8) is 0 Å². The number of thiol groups is 1. The normalized spacial score (nSPS) is 10.3. The van der Waals surface area contributed by atoms with E-state index in [1.165, 1.54) is 0 Å². The number of carboxylic acids is 1. The van der Waals surface area contributed by atoms with Crippen LogP contribution in [0.2, 0.25) is 0 Å². The van der Waals surface area contributed by atoms with E-state index in [9.17, 15) is 13.2 Å². The molecule has 2 aromatic rings. The Hall–Kier alpha value is -1.84. The van der Waals surface area contributed by atoms with Crippen molar-refractivity contribution in [2.45, 2.75) is 109 Å². The van der Waals surface area contributed by atoms with Crippen LogP contribution in [0.4, 0.5) is 5.95 Å². The SMILES string of the molecule is CC(C)CC(=O)O.CC(C)CNC(N)=S.CC(C)CNc1nc(=S)[nH]c(=S)[nH]1.CC(C)CS.CC(C)CS(=O)(=O)O.CC(C)CSc1nc(=S)[nH]c(=S)[nH]1.CNC(=S)NCC(C)C. The zero-order chi connectivity index (χ0) is 50.5. The predicted octanol–water partition coefficient (Wildman–Crippen LogP) is 9.64. The van der Waals surface area contributed by atoms with Crippen molar-refractivity contribution in [2.75, 3.05) is 49.3 Å². The van der Waals surface area contributed by atoms with Gasteiger partial charge >= 0.3 is 5.97 Å². The number of nitrogens with two attached hydrogens (primary N) is 1. The Balaban J connectivity index is -0.000000212. The Morgan fingerprint density at radius 3 is 1.43 bits per heavy atom. The van der Waals surface area contributed by atoms with Crippen molar-refractivity contribution >= 4 is 130 Å². The zero-order valence-corrected chi connectivity index (χ0v) is 47.2. The molecule has 0 amide bonds. The first-order valence-corrected chi connectivity index (χ1v) is 26.0. The number of aliphatic carboxylic acids is 1. The van der Waals surface area contributed by atoms with E-state index in [0.717, 1.165) is 47.3 Å². The van der Waals surface area contributed by atoms with E-state index < -0.39 is 16.1 Å². The standard InChI is InChI=1S/C7H12N4S2.C7H11N3S3.C6H14N2S.C5H12N2S.C5H10O2.C4H10O3S.C4H10S/c1-4(2)3-8-5-9-6(12)11-7(13)10-5;1-4(2)3-13-7-9-5(11)8-6(12)10-7;1-5(2)4-8-6(9)7-3;1-4(2)3-7-5(6)8;1-4(2)3-5(6)7;1-4(2)3-8(5,6)7;1-4(2)3-5/h4H,3H2,1-2H3,(H3,8,9,10,11,12,13);4H,3H2,1-2H3,(H2,8,9,10,11,12);5H,4H2,1-3H3,(H2,7,8,9);4H,3H2,1-2H3,(H3,6,7,8);4H,3H2,1-2H3,(H,6,7);4H,3H2,1-2H3,(H,5,6,7);4-5H,3H2,1-2H3. The molecule has 2 rings (SSSR count). The maximum atomic E-state index is 10.00. The van der Waals surface area contributed by atoms with Gasteiger partial charge in [0.1, 0.15) is 0 Å². The first kappa shape index (κ1) is 70.2. The first-order chi connectivity index (χ1) is 28.8. The molecule has 0 unspecified atom stereocenters. The van der Waals surface area contributed by atoms with Crippen LogP contribution in [0.5, 0.6) is 0 Å². The summed E-state index contributed by atoms with van der Waals surface area (Å²) in [6.45, 7) is 31.2. The van der Waals surface area contributed by atoms with Gasteiger partial charge in [-0.25, -0.2) is 0 Å². The van der Waals surface area contributed by atoms with Crippen LogP contribution in [0.1, 0.15) is 103 Å². The number of aromatic amines is 4. The van der Waals surface area contributed by atoms with Gasteiger partial charge in [0.25, 0.3) is 10.1 Å². The summed E-state index contributed by atoms with van der Waals surface area (Å²) in [6, 6.07) is 0. The van der Waals surface area contributed by atoms with E-state index in [4.69, 9.17) is 76.5 Å². The van der Waals surface area contributed by atoms with Crippen molar-refractivity contribution in [3.05, 3.63) is 19.1 Å². The number of carbonyl (C=O) groups is 1. The molecule has 63 heavy (non-hydrogen) atoms. The molecule has 12 N–H and O–H groups in total. The quantitative estimate of drug-likeness (QED) is 0.0343. The molecule has 25 heteroatoms. The van der Waals surface area contributed by atoms with E-state index in [1.54, 1.807) is 25.6 Å². The van der Waals surface area contributed by atoms with E-state index in [0.29, 0.717) is 53.8 Å². The van der Waals surface area contributed by atoms with Gasteiger partial charge in [-0.2, -0.15) is 31.0 Å². The molecule has 0 bridgehead atoms. The Morgan fingerprint density at radius 2 is 1.16 bits per heavy atom. The molecule has 0 atom stereocenters. The molecule has 16 nitrogen and oxygen atoms in total. The Labute approximate surface area is 419 Å². The summed E-state index contributed by atoms with van der Waals surface area (Å²) < 4.78 is 30.0. The minimum atomic E-state index is -3.72. The average Bonchev–Trinajstić information content (AvgIpc) is 3.10. The number of aromatic nitrogens is 6. The number of H-pyrrole nitrogens is 4. The molecule has 0 saturated carbocycles. The predicted molar refractivity (Wildman–Crippen MR) is 289 cm³/mol. The summed E-state index contributed by atoms with van der Waals surface area (Å²) in [7, 11) is -1.91. The second-order valence-corrected chi connectivity index (χ2v) is 21.6. The molecule has 0 spiro atoms. The summed E-state index contributed by atoms with van der Waals surface area (Å²) in [6.07, 6.45) is 0.278. The van der Waals surface area contributed by atoms with Crippen LogP contribution in [0, 0.1) is 60.5 Å². The van der Waals surface area contributed by atoms with Gasteiger partial charge in [-0.3, -0.25) is 9.35 Å². The van der Waals surface area contributed by atoms with E-state index in [2.05, 4.69) is 145 Å². The summed E-state index contributed by atoms with van der Waals surface area (Å²) in [5.74, 6) is 5.25. The van der Waals surface area contributed by atoms with Crippen molar-refractivity contribution in [2.24, 2.45) is 47.2 Å². The lowest BCUT2D eigenvalue weighted by Crippen LogP contribution is -2.34. The van der Waals surface area contributed by atoms with Crippen molar-refractivity contribution in [1.29, 1.82) is 0 Å². The van der Waals surface area contributed by atoms with Gasteiger partial charge in [-0.1, -0.05) is 109 Å². The molecule has 0 radical (unpaired) electrons. The molecular weight excluding hydrogens is 979 g/mol. The molecule has 0 aromatic carbocycles. The van der Waals surface area contributed by atoms with Crippen LogP contribution in [0.3, 0.4) is 0 Å². The molecule has 2 aromatic heterocycles. The number of nitrogens with zero attached hydrogens (tertiary/aromatic N) is 2. The fraction of sp³-hybridized carbons (Fsp3) is 0.763. The summed E-state index contributed by atoms with van der Waals surface area (Å²) in [5.41, 5.74) is 5.16. The van der Waals surface area contributed by atoms with Crippen LogP contribution in [-0.2, 0) is 14.9 Å². The Morgan fingerprint density at radius 1 is 0.714 bits per heavy atom. The molecular formula is C38H79N11O5S9. The number of hydrogen-bond donors (Lipinski definition) is 12. The summed E-state index contributed by atoms with van der Waals surface area (Å²) in [5, 5.41) is 21.8. The van der Waals surface area contributed by atoms with Crippen LogP contribution in [0.25, 0.3) is 0 Å². The summed E-state index contributed by atoms with van der Waals surface area (Å²) >= 11 is 34.7. The van der Waals surface area contributed by atoms with E-state index in [1.807, 2.05) is 20.9 Å². The lowest BCUT2D eigenvalue weighted by molar-refractivity contribution is -0.137. The lowest BCUT2D eigenvalue weighted by Gasteiger charge is -2.08. The van der Waals surface area contributed by atoms with Crippen LogP contribution < -0.4 is 27.0 Å². The van der Waals surface area contributed by atoms with Crippen molar-refractivity contribution < 1.29 is 22.9 Å². The number of thiocarbonyl (C=S) groups is 2. The van der Waals surface area contributed by atoms with Gasteiger partial charge in [0, 0.05) is 38.9 Å². The highest BCUT2D eigenvalue weighted by molar-refractivity contribution is 7.99. The molecule has 0 aliphatic rings. The fourth-order valence-electron chi connectivity index (χ4n) is 2.93. The fourth-order valence-corrected chi connectivity index (χ4v) is 5.78. The van der Waals surface area contributed by atoms with Gasteiger partial charge in [0.05, 0.1) is 5.75 Å². The third-order valence-electron chi connectivity index (χ3n) is 5.62. The third kappa shape index (κ3) is 66.9. The van der Waals surface area contributed by atoms with E-state index in [-0.39, 0.29) is 24.0 Å². The maximum Gasteiger partial charge on any atom is 0.303 e. The van der Waals surface area contributed by atoms with Crippen LogP contribution >= 0.6 is 97.7 Å². The monoisotopic (exact) mass is 1060 g/mol. The summed E-state index contributed by atoms with van der Waals surface area (Å²) in [4.78, 5) is 29.2. The maximum absolute atomic E-state index is 10.00. The molecule has 2 heterocycles. The molecule has 370 valence electrons. The van der Waals surface area contributed by atoms with Gasteiger partial charge in [-0.15, -0.1) is 0 Å². The first-order valence-electron chi connectivity index (χ1n) is 20.3. The number of hydrogen-bond acceptors (Lipinski definition) is 14. The number of rotatable bonds is 15. The highest BCUT2D eigenvalue weighted by atomic mass is 32.2. The average molecular weight is 1060 g/mol. The number of carboxylic acid groups (broad SMARTS) is 1. The van der Waals surface area contributed by atoms with Gasteiger partial charge in [-0.05, 0) is 120 Å². The van der Waals surface area contributed by atoms with Crippen LogP contribution in [-0.4, -0.2) is 108 Å². The van der Waals surface area contributed by atoms with Gasteiger partial charge < -0.3 is 52.0 Å². The van der Waals surface area contributed by atoms with Crippen LogP contribution in [0.15, 0.2) is 5.16 Å². The third-order valence-corrected chi connectivity index (χ3v) is 10.0. The number of thioether (sulfide) groups is 1. The number of nitrogens with one attached hydrogen (secondary N) is 8. The Kier molecular flexibility index (Phi) is 47.7. The zero-order valence-electron chi connectivity index (χ0n) is 39.8. The topological polar surface area (TPSA) is 255 Å². The second-order valence-electron chi connectivity index (χ2n) is 16.3. The van der Waals surface area contributed by atoms with E-state index >= 15 is 0 Å². The smallest absolute Gasteiger partial charge is 0.303 e. The second kappa shape index (κ2) is 42.8. The van der Waals surface area contributed by atoms with Crippen molar-refractivity contribution in [1.82, 2.24) is 45.9 Å². The van der Waals surface area contributed by atoms with Crippen molar-refractivity contribution in [3.8, 4) is 0 Å². The molecule has 0 saturated heterocycles. The largest absolute Gasteiger partial charge is 0.481 e. The molecule has 0 fully saturated rings. The highest BCUT2D eigenvalue weighted by Gasteiger charge is 2.06. The Bertz CT molecular complexity index is 1700. The minimum absolute atomic E-state index is 0.00463. The number of anilines is 1.